The predicted octanol–water partition coefficient (Wildman–Crippen LogP) is 2.83. The zero-order valence-corrected chi connectivity index (χ0v) is 14.2. The minimum Gasteiger partial charge on any atom is -0.372 e. The number of anilines is 1. The number of halogens is 1. The molecule has 0 aromatic heterocycles. The summed E-state index contributed by atoms with van der Waals surface area (Å²) in [5, 5.41) is 4.95. The summed E-state index contributed by atoms with van der Waals surface area (Å²) in [5.41, 5.74) is 0.401. The lowest BCUT2D eigenvalue weighted by Gasteiger charge is -2.32. The lowest BCUT2D eigenvalue weighted by Crippen LogP contribution is -2.45. The second kappa shape index (κ2) is 8.39. The first-order chi connectivity index (χ1) is 12.0. The number of carbonyl (C=O) groups excluding carboxylic acids is 2. The van der Waals surface area contributed by atoms with Crippen LogP contribution < -0.4 is 10.6 Å². The molecule has 5 nitrogen and oxygen atoms in total. The number of nitrogens with one attached hydrogen (secondary N) is 2. The van der Waals surface area contributed by atoms with Crippen molar-refractivity contribution < 1.29 is 18.7 Å². The van der Waals surface area contributed by atoms with Gasteiger partial charge < -0.3 is 15.4 Å². The molecule has 2 amide bonds. The molecule has 2 aromatic rings. The van der Waals surface area contributed by atoms with Crippen molar-refractivity contribution in [1.29, 1.82) is 0 Å². The number of hydrogen-bond donors (Lipinski definition) is 2. The Balaban J connectivity index is 2.02. The molecular weight excluding hydrogens is 323 g/mol. The topological polar surface area (TPSA) is 67.4 Å². The average Bonchev–Trinajstić information content (AvgIpc) is 2.63. The standard InChI is InChI=1S/C19H21FN2O3/c1-3-19(25-2,14-8-5-4-6-9-14)13-21-17(23)18(24)22-16-11-7-10-15(20)12-16/h4-12H,3,13H2,1-2H3,(H,21,23)(H,22,24). The van der Waals surface area contributed by atoms with Crippen LogP contribution in [0, 0.1) is 5.82 Å². The molecule has 2 aromatic carbocycles. The van der Waals surface area contributed by atoms with Gasteiger partial charge in [0, 0.05) is 12.8 Å². The van der Waals surface area contributed by atoms with Gasteiger partial charge in [-0.05, 0) is 30.2 Å². The SMILES string of the molecule is CCC(CNC(=O)C(=O)Nc1cccc(F)c1)(OC)c1ccccc1. The van der Waals surface area contributed by atoms with E-state index in [1.807, 2.05) is 37.3 Å². The molecule has 0 aliphatic carbocycles. The van der Waals surface area contributed by atoms with Gasteiger partial charge in [-0.25, -0.2) is 4.39 Å². The second-order valence-corrected chi connectivity index (χ2v) is 5.57. The summed E-state index contributed by atoms with van der Waals surface area (Å²) < 4.78 is 18.8. The number of benzene rings is 2. The van der Waals surface area contributed by atoms with Crippen molar-refractivity contribution in [3.05, 3.63) is 66.0 Å². The van der Waals surface area contributed by atoms with Crippen molar-refractivity contribution in [2.24, 2.45) is 0 Å². The highest BCUT2D eigenvalue weighted by Crippen LogP contribution is 2.28. The first-order valence-corrected chi connectivity index (χ1v) is 7.96. The molecule has 2 rings (SSSR count). The van der Waals surface area contributed by atoms with Crippen molar-refractivity contribution in [1.82, 2.24) is 5.32 Å². The molecule has 0 aliphatic rings. The molecule has 1 atom stereocenters. The van der Waals surface area contributed by atoms with Crippen molar-refractivity contribution in [3.63, 3.8) is 0 Å². The average molecular weight is 344 g/mol. The summed E-state index contributed by atoms with van der Waals surface area (Å²) in [6, 6.07) is 14.8. The zero-order chi connectivity index (χ0) is 18.3. The zero-order valence-electron chi connectivity index (χ0n) is 14.2. The van der Waals surface area contributed by atoms with Crippen LogP contribution >= 0.6 is 0 Å². The van der Waals surface area contributed by atoms with E-state index in [0.29, 0.717) is 6.42 Å². The number of methoxy groups -OCH3 is 1. The quantitative estimate of drug-likeness (QED) is 0.792. The maximum Gasteiger partial charge on any atom is 0.313 e. The van der Waals surface area contributed by atoms with Crippen LogP contribution in [0.25, 0.3) is 0 Å². The van der Waals surface area contributed by atoms with Gasteiger partial charge in [0.15, 0.2) is 0 Å². The van der Waals surface area contributed by atoms with E-state index in [4.69, 9.17) is 4.74 Å². The third-order valence-corrected chi connectivity index (χ3v) is 4.08. The van der Waals surface area contributed by atoms with E-state index in [1.54, 1.807) is 7.11 Å². The fourth-order valence-corrected chi connectivity index (χ4v) is 2.56. The van der Waals surface area contributed by atoms with E-state index in [-0.39, 0.29) is 12.2 Å². The highest BCUT2D eigenvalue weighted by atomic mass is 19.1. The number of ether oxygens (including phenoxy) is 1. The van der Waals surface area contributed by atoms with Crippen molar-refractivity contribution in [2.45, 2.75) is 18.9 Å². The minimum atomic E-state index is -0.861. The lowest BCUT2D eigenvalue weighted by atomic mass is 9.90. The first kappa shape index (κ1) is 18.6. The van der Waals surface area contributed by atoms with E-state index in [9.17, 15) is 14.0 Å². The Morgan fingerprint density at radius 3 is 2.40 bits per heavy atom. The molecule has 0 heterocycles. The van der Waals surface area contributed by atoms with Crippen LogP contribution in [0.5, 0.6) is 0 Å². The molecule has 132 valence electrons. The number of hydrogen-bond acceptors (Lipinski definition) is 3. The van der Waals surface area contributed by atoms with E-state index >= 15 is 0 Å². The molecule has 0 bridgehead atoms. The van der Waals surface area contributed by atoms with E-state index in [2.05, 4.69) is 10.6 Å². The molecule has 0 saturated heterocycles. The Morgan fingerprint density at radius 2 is 1.80 bits per heavy atom. The van der Waals surface area contributed by atoms with E-state index in [0.717, 1.165) is 11.6 Å². The Kier molecular flexibility index (Phi) is 6.25. The van der Waals surface area contributed by atoms with Gasteiger partial charge in [-0.1, -0.05) is 43.3 Å². The molecular formula is C19H21FN2O3. The molecule has 0 aliphatic heterocycles. The fraction of sp³-hybridized carbons (Fsp3) is 0.263. The minimum absolute atomic E-state index is 0.138. The summed E-state index contributed by atoms with van der Waals surface area (Å²) in [6.07, 6.45) is 0.610. The number of rotatable bonds is 6. The van der Waals surface area contributed by atoms with Gasteiger partial charge in [-0.3, -0.25) is 9.59 Å². The maximum absolute atomic E-state index is 13.1. The van der Waals surface area contributed by atoms with Crippen LogP contribution in [-0.2, 0) is 19.9 Å². The first-order valence-electron chi connectivity index (χ1n) is 7.96. The van der Waals surface area contributed by atoms with Crippen LogP contribution in [0.4, 0.5) is 10.1 Å². The van der Waals surface area contributed by atoms with E-state index in [1.165, 1.54) is 18.2 Å². The monoisotopic (exact) mass is 344 g/mol. The molecule has 1 unspecified atom stereocenters. The predicted molar refractivity (Wildman–Crippen MR) is 93.5 cm³/mol. The molecule has 6 heteroatoms. The summed E-state index contributed by atoms with van der Waals surface area (Å²) in [7, 11) is 1.56. The Bertz CT molecular complexity index is 730. The van der Waals surface area contributed by atoms with Crippen molar-refractivity contribution in [3.8, 4) is 0 Å². The van der Waals surface area contributed by atoms with Gasteiger partial charge in [-0.2, -0.15) is 0 Å². The fourth-order valence-electron chi connectivity index (χ4n) is 2.56. The maximum atomic E-state index is 13.1. The van der Waals surface area contributed by atoms with Crippen LogP contribution in [0.1, 0.15) is 18.9 Å². The van der Waals surface area contributed by atoms with Gasteiger partial charge in [0.2, 0.25) is 0 Å². The lowest BCUT2D eigenvalue weighted by molar-refractivity contribution is -0.137. The normalized spacial score (nSPS) is 12.9. The van der Waals surface area contributed by atoms with Crippen LogP contribution in [0.3, 0.4) is 0 Å². The van der Waals surface area contributed by atoms with Crippen LogP contribution in [0.2, 0.25) is 0 Å². The summed E-state index contributed by atoms with van der Waals surface area (Å²) in [5.74, 6) is -2.17. The summed E-state index contributed by atoms with van der Waals surface area (Å²) in [4.78, 5) is 24.0. The van der Waals surface area contributed by atoms with Gasteiger partial charge in [-0.15, -0.1) is 0 Å². The van der Waals surface area contributed by atoms with E-state index < -0.39 is 23.2 Å². The van der Waals surface area contributed by atoms with Crippen LogP contribution in [0.15, 0.2) is 54.6 Å². The summed E-state index contributed by atoms with van der Waals surface area (Å²) >= 11 is 0. The largest absolute Gasteiger partial charge is 0.372 e. The molecule has 0 fully saturated rings. The van der Waals surface area contributed by atoms with Crippen molar-refractivity contribution in [2.75, 3.05) is 19.0 Å². The Labute approximate surface area is 146 Å². The summed E-state index contributed by atoms with van der Waals surface area (Å²) in [6.45, 7) is 2.08. The Morgan fingerprint density at radius 1 is 1.08 bits per heavy atom. The molecule has 0 spiro atoms. The van der Waals surface area contributed by atoms with Crippen molar-refractivity contribution >= 4 is 17.5 Å². The van der Waals surface area contributed by atoms with Gasteiger partial charge in [0.25, 0.3) is 0 Å². The molecule has 0 radical (unpaired) electrons. The Hall–Kier alpha value is -2.73. The highest BCUT2D eigenvalue weighted by molar-refractivity contribution is 6.39. The second-order valence-electron chi connectivity index (χ2n) is 5.57. The molecule has 2 N–H and O–H groups in total. The molecule has 0 saturated carbocycles. The third-order valence-electron chi connectivity index (χ3n) is 4.08. The smallest absolute Gasteiger partial charge is 0.313 e. The van der Waals surface area contributed by atoms with Gasteiger partial charge in [0.1, 0.15) is 11.4 Å². The third kappa shape index (κ3) is 4.64. The van der Waals surface area contributed by atoms with Gasteiger partial charge in [0.05, 0.1) is 6.54 Å². The van der Waals surface area contributed by atoms with Crippen LogP contribution in [-0.4, -0.2) is 25.5 Å². The number of carbonyl (C=O) groups is 2. The molecule has 25 heavy (non-hydrogen) atoms. The number of amides is 2. The highest BCUT2D eigenvalue weighted by Gasteiger charge is 2.31. The van der Waals surface area contributed by atoms with Gasteiger partial charge >= 0.3 is 11.8 Å².